The van der Waals surface area contributed by atoms with E-state index in [1.165, 1.54) is 6.07 Å². The predicted octanol–water partition coefficient (Wildman–Crippen LogP) is 3.20. The summed E-state index contributed by atoms with van der Waals surface area (Å²) in [4.78, 5) is 12.8. The van der Waals surface area contributed by atoms with Gasteiger partial charge in [0.1, 0.15) is 5.82 Å². The number of carboxylic acid groups (broad SMARTS) is 1. The van der Waals surface area contributed by atoms with E-state index in [2.05, 4.69) is 22.1 Å². The first-order chi connectivity index (χ1) is 11.0. The van der Waals surface area contributed by atoms with Gasteiger partial charge in [0.15, 0.2) is 0 Å². The van der Waals surface area contributed by atoms with Crippen LogP contribution >= 0.6 is 11.6 Å². The van der Waals surface area contributed by atoms with Crippen LogP contribution in [-0.4, -0.2) is 42.3 Å². The van der Waals surface area contributed by atoms with E-state index in [1.807, 2.05) is 0 Å². The number of piperidine rings is 1. The van der Waals surface area contributed by atoms with Crippen molar-refractivity contribution in [1.29, 1.82) is 0 Å². The first-order valence-corrected chi connectivity index (χ1v) is 8.05. The summed E-state index contributed by atoms with van der Waals surface area (Å²) in [7, 11) is 0. The summed E-state index contributed by atoms with van der Waals surface area (Å²) in [6, 6.07) is 4.48. The van der Waals surface area contributed by atoms with Crippen molar-refractivity contribution in [3.05, 3.63) is 34.6 Å². The number of nitrogens with one attached hydrogen (secondary N) is 1. The fourth-order valence-electron chi connectivity index (χ4n) is 2.61. The summed E-state index contributed by atoms with van der Waals surface area (Å²) in [6.45, 7) is 3.27. The second-order valence-electron chi connectivity index (χ2n) is 5.65. The number of hydrogen-bond donors (Lipinski definition) is 2. The molecule has 1 fully saturated rings. The van der Waals surface area contributed by atoms with Gasteiger partial charge in [0.05, 0.1) is 5.56 Å². The molecule has 2 N–H and O–H groups in total. The molecular weight excluding hydrogens is 319 g/mol. The SMILES string of the molecule is O=C(O)NCC1CCN(CCC#Cc2ccc(Cl)cc2F)CC1. The molecule has 1 aliphatic rings. The number of likely N-dealkylation sites (tertiary alicyclic amines) is 1. The molecule has 4 nitrogen and oxygen atoms in total. The van der Waals surface area contributed by atoms with Crippen molar-refractivity contribution in [3.8, 4) is 11.8 Å². The highest BCUT2D eigenvalue weighted by Gasteiger charge is 2.18. The fourth-order valence-corrected chi connectivity index (χ4v) is 2.77. The predicted molar refractivity (Wildman–Crippen MR) is 88.1 cm³/mol. The van der Waals surface area contributed by atoms with Gasteiger partial charge in [-0.1, -0.05) is 23.4 Å². The Morgan fingerprint density at radius 2 is 2.17 bits per heavy atom. The number of carbonyl (C=O) groups is 1. The molecule has 1 amide bonds. The molecule has 0 spiro atoms. The van der Waals surface area contributed by atoms with Gasteiger partial charge < -0.3 is 15.3 Å². The minimum absolute atomic E-state index is 0.368. The molecule has 0 saturated carbocycles. The number of benzene rings is 1. The molecule has 0 unspecified atom stereocenters. The summed E-state index contributed by atoms with van der Waals surface area (Å²) in [5.41, 5.74) is 0.368. The molecule has 0 radical (unpaired) electrons. The van der Waals surface area contributed by atoms with E-state index in [-0.39, 0.29) is 0 Å². The highest BCUT2D eigenvalue weighted by atomic mass is 35.5. The Balaban J connectivity index is 1.70. The van der Waals surface area contributed by atoms with Gasteiger partial charge in [-0.25, -0.2) is 9.18 Å². The standard InChI is InChI=1S/C17H20ClFN2O2/c18-15-5-4-14(16(19)11-15)3-1-2-8-21-9-6-13(7-10-21)12-20-17(22)23/h4-5,11,13,20H,2,6-10,12H2,(H,22,23). The van der Waals surface area contributed by atoms with Gasteiger partial charge >= 0.3 is 6.09 Å². The number of amides is 1. The summed E-state index contributed by atoms with van der Waals surface area (Å²) < 4.78 is 13.6. The normalized spacial score (nSPS) is 15.7. The average molecular weight is 339 g/mol. The Labute approximate surface area is 140 Å². The molecule has 0 aromatic heterocycles. The molecule has 1 aromatic carbocycles. The van der Waals surface area contributed by atoms with E-state index in [9.17, 15) is 9.18 Å². The summed E-state index contributed by atoms with van der Waals surface area (Å²) in [5, 5.41) is 11.4. The molecule has 1 heterocycles. The van der Waals surface area contributed by atoms with Crippen molar-refractivity contribution in [2.75, 3.05) is 26.2 Å². The van der Waals surface area contributed by atoms with Gasteiger partial charge in [-0.3, -0.25) is 0 Å². The van der Waals surface area contributed by atoms with Crippen molar-refractivity contribution in [1.82, 2.24) is 10.2 Å². The van der Waals surface area contributed by atoms with Crippen molar-refractivity contribution >= 4 is 17.7 Å². The maximum absolute atomic E-state index is 13.6. The quantitative estimate of drug-likeness (QED) is 0.829. The zero-order valence-corrected chi connectivity index (χ0v) is 13.6. The minimum Gasteiger partial charge on any atom is -0.465 e. The lowest BCUT2D eigenvalue weighted by Gasteiger charge is -2.31. The van der Waals surface area contributed by atoms with E-state index < -0.39 is 11.9 Å². The lowest BCUT2D eigenvalue weighted by atomic mass is 9.97. The van der Waals surface area contributed by atoms with Crippen molar-refractivity contribution < 1.29 is 14.3 Å². The molecule has 1 aliphatic heterocycles. The average Bonchev–Trinajstić information content (AvgIpc) is 2.52. The summed E-state index contributed by atoms with van der Waals surface area (Å²) >= 11 is 5.70. The van der Waals surface area contributed by atoms with Gasteiger partial charge in [0.25, 0.3) is 0 Å². The molecule has 1 saturated heterocycles. The first kappa shape index (κ1) is 17.6. The number of hydrogen-bond acceptors (Lipinski definition) is 2. The number of halogens is 2. The van der Waals surface area contributed by atoms with E-state index in [1.54, 1.807) is 12.1 Å². The topological polar surface area (TPSA) is 52.6 Å². The van der Waals surface area contributed by atoms with Crippen molar-refractivity contribution in [2.45, 2.75) is 19.3 Å². The maximum Gasteiger partial charge on any atom is 0.404 e. The molecule has 23 heavy (non-hydrogen) atoms. The monoisotopic (exact) mass is 338 g/mol. The van der Waals surface area contributed by atoms with Crippen LogP contribution in [0.5, 0.6) is 0 Å². The van der Waals surface area contributed by atoms with Crippen LogP contribution < -0.4 is 5.32 Å². The number of rotatable bonds is 4. The van der Waals surface area contributed by atoms with E-state index in [4.69, 9.17) is 16.7 Å². The van der Waals surface area contributed by atoms with Gasteiger partial charge in [-0.2, -0.15) is 0 Å². The molecule has 1 aromatic rings. The first-order valence-electron chi connectivity index (χ1n) is 7.67. The Morgan fingerprint density at radius 3 is 2.83 bits per heavy atom. The smallest absolute Gasteiger partial charge is 0.404 e. The van der Waals surface area contributed by atoms with Crippen LogP contribution in [0.4, 0.5) is 9.18 Å². The van der Waals surface area contributed by atoms with E-state index in [0.717, 1.165) is 32.5 Å². The van der Waals surface area contributed by atoms with Crippen LogP contribution in [0.3, 0.4) is 0 Å². The van der Waals surface area contributed by atoms with Gasteiger partial charge in [0, 0.05) is 24.5 Å². The summed E-state index contributed by atoms with van der Waals surface area (Å²) in [6.07, 6.45) is 1.69. The summed E-state index contributed by atoms with van der Waals surface area (Å²) in [5.74, 6) is 5.85. The van der Waals surface area contributed by atoms with Gasteiger partial charge in [0.2, 0.25) is 0 Å². The lowest BCUT2D eigenvalue weighted by molar-refractivity contribution is 0.172. The molecule has 0 aliphatic carbocycles. The van der Waals surface area contributed by atoms with Gasteiger partial charge in [-0.15, -0.1) is 0 Å². The zero-order chi connectivity index (χ0) is 16.7. The van der Waals surface area contributed by atoms with Crippen LogP contribution in [0.1, 0.15) is 24.8 Å². The van der Waals surface area contributed by atoms with Crippen LogP contribution in [0.2, 0.25) is 5.02 Å². The Hall–Kier alpha value is -1.77. The maximum atomic E-state index is 13.6. The molecule has 0 atom stereocenters. The van der Waals surface area contributed by atoms with Crippen LogP contribution in [-0.2, 0) is 0 Å². The van der Waals surface area contributed by atoms with Crippen LogP contribution in [0, 0.1) is 23.6 Å². The lowest BCUT2D eigenvalue weighted by Crippen LogP contribution is -2.38. The van der Waals surface area contributed by atoms with E-state index >= 15 is 0 Å². The second kappa shape index (κ2) is 8.76. The highest BCUT2D eigenvalue weighted by Crippen LogP contribution is 2.16. The molecular formula is C17H20ClFN2O2. The van der Waals surface area contributed by atoms with E-state index in [0.29, 0.717) is 29.5 Å². The third-order valence-corrected chi connectivity index (χ3v) is 4.19. The molecule has 124 valence electrons. The second-order valence-corrected chi connectivity index (χ2v) is 6.08. The minimum atomic E-state index is -0.961. The van der Waals surface area contributed by atoms with Crippen molar-refractivity contribution in [3.63, 3.8) is 0 Å². The third-order valence-electron chi connectivity index (χ3n) is 3.96. The van der Waals surface area contributed by atoms with Gasteiger partial charge in [-0.05, 0) is 50.0 Å². The van der Waals surface area contributed by atoms with Crippen LogP contribution in [0.25, 0.3) is 0 Å². The Morgan fingerprint density at radius 1 is 1.43 bits per heavy atom. The Kier molecular flexibility index (Phi) is 6.69. The highest BCUT2D eigenvalue weighted by molar-refractivity contribution is 6.30. The zero-order valence-electron chi connectivity index (χ0n) is 12.8. The largest absolute Gasteiger partial charge is 0.465 e. The molecule has 6 heteroatoms. The Bertz CT molecular complexity index is 604. The number of nitrogens with zero attached hydrogens (tertiary/aromatic N) is 1. The fraction of sp³-hybridized carbons (Fsp3) is 0.471. The van der Waals surface area contributed by atoms with Crippen LogP contribution in [0.15, 0.2) is 18.2 Å². The third kappa shape index (κ3) is 6.09. The molecule has 2 rings (SSSR count). The van der Waals surface area contributed by atoms with Crippen molar-refractivity contribution in [2.24, 2.45) is 5.92 Å². The molecule has 0 bridgehead atoms.